The molecule has 0 bridgehead atoms. The Morgan fingerprint density at radius 1 is 1.31 bits per heavy atom. The van der Waals surface area contributed by atoms with Gasteiger partial charge in [-0.15, -0.1) is 0 Å². The van der Waals surface area contributed by atoms with E-state index < -0.39 is 0 Å². The fourth-order valence-electron chi connectivity index (χ4n) is 1.31. The van der Waals surface area contributed by atoms with Crippen molar-refractivity contribution in [3.8, 4) is 0 Å². The lowest BCUT2D eigenvalue weighted by molar-refractivity contribution is 0.0257. The van der Waals surface area contributed by atoms with Gasteiger partial charge in [0, 0.05) is 0 Å². The third-order valence-electron chi connectivity index (χ3n) is 1.95. The van der Waals surface area contributed by atoms with Crippen LogP contribution in [0, 0.1) is 0 Å². The van der Waals surface area contributed by atoms with E-state index >= 15 is 0 Å². The zero-order valence-corrected chi connectivity index (χ0v) is 7.94. The van der Waals surface area contributed by atoms with Crippen molar-refractivity contribution in [1.82, 2.24) is 0 Å². The van der Waals surface area contributed by atoms with Gasteiger partial charge in [-0.25, -0.2) is 0 Å². The molecule has 13 heavy (non-hydrogen) atoms. The Kier molecular flexibility index (Phi) is 4.50. The van der Waals surface area contributed by atoms with Gasteiger partial charge in [-0.3, -0.25) is 0 Å². The van der Waals surface area contributed by atoms with E-state index in [1.807, 2.05) is 30.3 Å². The highest BCUT2D eigenvalue weighted by Gasteiger charge is 2.07. The summed E-state index contributed by atoms with van der Waals surface area (Å²) in [7, 11) is 0. The normalized spacial score (nSPS) is 12.8. The first-order valence-electron chi connectivity index (χ1n) is 4.66. The van der Waals surface area contributed by atoms with Crippen molar-refractivity contribution in [1.29, 1.82) is 0 Å². The Bertz CT molecular complexity index is 221. The van der Waals surface area contributed by atoms with Crippen LogP contribution in [0.3, 0.4) is 0 Å². The van der Waals surface area contributed by atoms with Crippen LogP contribution in [0.15, 0.2) is 30.3 Å². The summed E-state index contributed by atoms with van der Waals surface area (Å²) in [6, 6.07) is 10.1. The minimum atomic E-state index is 0.0866. The van der Waals surface area contributed by atoms with Crippen molar-refractivity contribution in [3.63, 3.8) is 0 Å². The van der Waals surface area contributed by atoms with Gasteiger partial charge in [0.25, 0.3) is 0 Å². The molecule has 0 aliphatic heterocycles. The molecular formula is C11H16O2. The number of hydrogen-bond donors (Lipinski definition) is 1. The monoisotopic (exact) mass is 180 g/mol. The number of aliphatic hydroxyl groups excluding tert-OH is 1. The van der Waals surface area contributed by atoms with E-state index in [2.05, 4.69) is 6.92 Å². The molecule has 0 saturated heterocycles. The summed E-state index contributed by atoms with van der Waals surface area (Å²) in [5.74, 6) is 0. The lowest BCUT2D eigenvalue weighted by Crippen LogP contribution is -2.06. The number of benzene rings is 1. The average molecular weight is 180 g/mol. The van der Waals surface area contributed by atoms with Gasteiger partial charge in [0.1, 0.15) is 0 Å². The Morgan fingerprint density at radius 2 is 2.00 bits per heavy atom. The van der Waals surface area contributed by atoms with Crippen LogP contribution in [-0.4, -0.2) is 18.3 Å². The number of aliphatic hydroxyl groups is 1. The number of ether oxygens (including phenoxy) is 1. The van der Waals surface area contributed by atoms with Crippen molar-refractivity contribution in [2.24, 2.45) is 0 Å². The first kappa shape index (κ1) is 10.2. The second kappa shape index (κ2) is 5.73. The molecule has 0 radical (unpaired) electrons. The molecule has 1 rings (SSSR count). The molecule has 0 aliphatic carbocycles. The minimum absolute atomic E-state index is 0.0866. The van der Waals surface area contributed by atoms with Gasteiger partial charge >= 0.3 is 0 Å². The van der Waals surface area contributed by atoms with E-state index in [-0.39, 0.29) is 12.7 Å². The van der Waals surface area contributed by atoms with Crippen LogP contribution in [0.1, 0.15) is 25.0 Å². The van der Waals surface area contributed by atoms with Crippen molar-refractivity contribution < 1.29 is 9.84 Å². The smallest absolute Gasteiger partial charge is 0.0823 e. The Labute approximate surface area is 79.2 Å². The van der Waals surface area contributed by atoms with Crippen LogP contribution < -0.4 is 0 Å². The first-order chi connectivity index (χ1) is 6.38. The maximum atomic E-state index is 8.63. The Hall–Kier alpha value is -0.860. The highest BCUT2D eigenvalue weighted by Crippen LogP contribution is 2.19. The first-order valence-corrected chi connectivity index (χ1v) is 4.66. The van der Waals surface area contributed by atoms with Crippen LogP contribution >= 0.6 is 0 Å². The van der Waals surface area contributed by atoms with Crippen LogP contribution in [0.25, 0.3) is 0 Å². The van der Waals surface area contributed by atoms with Gasteiger partial charge in [0.05, 0.1) is 19.3 Å². The summed E-state index contributed by atoms with van der Waals surface area (Å²) < 4.78 is 5.48. The molecule has 2 nitrogen and oxygen atoms in total. The van der Waals surface area contributed by atoms with Gasteiger partial charge in [-0.2, -0.15) is 0 Å². The summed E-state index contributed by atoms with van der Waals surface area (Å²) >= 11 is 0. The zero-order valence-electron chi connectivity index (χ0n) is 7.94. The fraction of sp³-hybridized carbons (Fsp3) is 0.455. The van der Waals surface area contributed by atoms with Crippen LogP contribution in [-0.2, 0) is 4.74 Å². The Balaban J connectivity index is 2.56. The summed E-state index contributed by atoms with van der Waals surface area (Å²) in [5.41, 5.74) is 1.18. The van der Waals surface area contributed by atoms with Crippen molar-refractivity contribution in [3.05, 3.63) is 35.9 Å². The molecule has 72 valence electrons. The Morgan fingerprint density at radius 3 is 2.54 bits per heavy atom. The third kappa shape index (κ3) is 3.17. The van der Waals surface area contributed by atoms with Gasteiger partial charge in [-0.1, -0.05) is 37.3 Å². The van der Waals surface area contributed by atoms with Crippen LogP contribution in [0.4, 0.5) is 0 Å². The van der Waals surface area contributed by atoms with E-state index in [9.17, 15) is 0 Å². The van der Waals surface area contributed by atoms with E-state index in [0.717, 1.165) is 6.42 Å². The second-order valence-electron chi connectivity index (χ2n) is 2.90. The van der Waals surface area contributed by atoms with Crippen molar-refractivity contribution >= 4 is 0 Å². The van der Waals surface area contributed by atoms with E-state index in [0.29, 0.717) is 6.61 Å². The lowest BCUT2D eigenvalue weighted by atomic mass is 10.1. The lowest BCUT2D eigenvalue weighted by Gasteiger charge is -2.15. The SMILES string of the molecule is CCC(OCCO)c1ccccc1. The predicted octanol–water partition coefficient (Wildman–Crippen LogP) is 2.15. The maximum Gasteiger partial charge on any atom is 0.0823 e. The standard InChI is InChI=1S/C11H16O2/c1-2-11(13-9-8-12)10-6-4-3-5-7-10/h3-7,11-12H,2,8-9H2,1H3. The molecule has 0 aromatic heterocycles. The molecule has 0 amide bonds. The van der Waals surface area contributed by atoms with E-state index in [1.165, 1.54) is 5.56 Å². The fourth-order valence-corrected chi connectivity index (χ4v) is 1.31. The molecule has 1 atom stereocenters. The van der Waals surface area contributed by atoms with Crippen LogP contribution in [0.2, 0.25) is 0 Å². The maximum absolute atomic E-state index is 8.63. The predicted molar refractivity (Wildman–Crippen MR) is 52.5 cm³/mol. The summed E-state index contributed by atoms with van der Waals surface area (Å²) in [6.07, 6.45) is 1.05. The van der Waals surface area contributed by atoms with Crippen molar-refractivity contribution in [2.45, 2.75) is 19.4 Å². The van der Waals surface area contributed by atoms with Crippen molar-refractivity contribution in [2.75, 3.05) is 13.2 Å². The summed E-state index contributed by atoms with van der Waals surface area (Å²) in [6.45, 7) is 2.58. The van der Waals surface area contributed by atoms with E-state index in [4.69, 9.17) is 9.84 Å². The minimum Gasteiger partial charge on any atom is -0.394 e. The van der Waals surface area contributed by atoms with Gasteiger partial charge in [0.2, 0.25) is 0 Å². The third-order valence-corrected chi connectivity index (χ3v) is 1.95. The largest absolute Gasteiger partial charge is 0.394 e. The number of hydrogen-bond acceptors (Lipinski definition) is 2. The van der Waals surface area contributed by atoms with Crippen LogP contribution in [0.5, 0.6) is 0 Å². The summed E-state index contributed by atoms with van der Waals surface area (Å²) in [5, 5.41) is 8.63. The van der Waals surface area contributed by atoms with Gasteiger partial charge in [0.15, 0.2) is 0 Å². The summed E-state index contributed by atoms with van der Waals surface area (Å²) in [4.78, 5) is 0. The molecule has 1 N–H and O–H groups in total. The van der Waals surface area contributed by atoms with Gasteiger partial charge in [-0.05, 0) is 12.0 Å². The molecule has 0 saturated carbocycles. The average Bonchev–Trinajstić information content (AvgIpc) is 2.21. The number of rotatable bonds is 5. The van der Waals surface area contributed by atoms with Gasteiger partial charge < -0.3 is 9.84 Å². The molecule has 0 fully saturated rings. The second-order valence-corrected chi connectivity index (χ2v) is 2.90. The molecule has 2 heteroatoms. The molecule has 0 spiro atoms. The molecule has 1 unspecified atom stereocenters. The molecular weight excluding hydrogens is 164 g/mol. The molecule has 1 aromatic rings. The van der Waals surface area contributed by atoms with E-state index in [1.54, 1.807) is 0 Å². The quantitative estimate of drug-likeness (QED) is 0.752. The molecule has 0 heterocycles. The topological polar surface area (TPSA) is 29.5 Å². The highest BCUT2D eigenvalue weighted by atomic mass is 16.5. The highest BCUT2D eigenvalue weighted by molar-refractivity contribution is 5.17. The molecule has 0 aliphatic rings. The molecule has 1 aromatic carbocycles. The zero-order chi connectivity index (χ0) is 9.52.